The maximum Gasteiger partial charge on any atom is 0.383 e. The predicted molar refractivity (Wildman–Crippen MR) is 65.0 cm³/mol. The lowest BCUT2D eigenvalue weighted by molar-refractivity contribution is -0.170. The first-order valence-electron chi connectivity index (χ1n) is 4.89. The predicted octanol–water partition coefficient (Wildman–Crippen LogP) is 2.77. The molecule has 0 radical (unpaired) electrons. The van der Waals surface area contributed by atoms with Crippen LogP contribution in [0.15, 0.2) is 17.5 Å². The first-order chi connectivity index (χ1) is 8.80. The molecule has 3 nitrogen and oxygen atoms in total. The molecule has 1 aromatic rings. The Hall–Kier alpha value is -0.960. The van der Waals surface area contributed by atoms with Crippen molar-refractivity contribution >= 4 is 39.0 Å². The topological polar surface area (TPSA) is 46.2 Å². The lowest BCUT2D eigenvalue weighted by Gasteiger charge is -2.19. The van der Waals surface area contributed by atoms with E-state index in [0.29, 0.717) is 4.88 Å². The molecule has 9 heteroatoms. The van der Waals surface area contributed by atoms with Gasteiger partial charge < -0.3 is 5.32 Å². The number of halogens is 5. The zero-order valence-corrected chi connectivity index (χ0v) is 11.6. The number of ketones is 1. The summed E-state index contributed by atoms with van der Waals surface area (Å²) in [6.07, 6.45) is -4.13. The molecule has 0 aliphatic carbocycles. The molecule has 1 unspecified atom stereocenters. The molecule has 0 saturated heterocycles. The van der Waals surface area contributed by atoms with E-state index in [4.69, 9.17) is 0 Å². The van der Waals surface area contributed by atoms with Crippen LogP contribution in [0.5, 0.6) is 0 Å². The van der Waals surface area contributed by atoms with Gasteiger partial charge in [0, 0.05) is 4.88 Å². The van der Waals surface area contributed by atoms with Crippen LogP contribution >= 0.6 is 27.3 Å². The Morgan fingerprint density at radius 1 is 1.42 bits per heavy atom. The zero-order chi connectivity index (χ0) is 14.6. The van der Waals surface area contributed by atoms with Gasteiger partial charge in [0.2, 0.25) is 0 Å². The van der Waals surface area contributed by atoms with Crippen molar-refractivity contribution in [1.29, 1.82) is 0 Å². The largest absolute Gasteiger partial charge is 0.383 e. The third kappa shape index (κ3) is 3.75. The molecular weight excluding hydrogens is 354 g/mol. The van der Waals surface area contributed by atoms with Crippen LogP contribution < -0.4 is 5.32 Å². The normalized spacial score (nSPS) is 13.4. The number of carbonyl (C=O) groups excluding carboxylic acids is 2. The van der Waals surface area contributed by atoms with E-state index in [-0.39, 0.29) is 5.33 Å². The first-order valence-corrected chi connectivity index (χ1v) is 6.89. The number of thiophene rings is 1. The van der Waals surface area contributed by atoms with E-state index in [1.165, 1.54) is 6.07 Å². The number of alkyl halides is 5. The fraction of sp³-hybridized carbons (Fsp3) is 0.400. The Morgan fingerprint density at radius 3 is 2.47 bits per heavy atom. The number of Topliss-reactive ketones (excluding diaryl/α,β-unsaturated/α-hetero) is 1. The van der Waals surface area contributed by atoms with Gasteiger partial charge in [0.15, 0.2) is 5.78 Å². The molecule has 0 bridgehead atoms. The van der Waals surface area contributed by atoms with Gasteiger partial charge in [-0.2, -0.15) is 8.78 Å². The maximum atomic E-state index is 12.8. The third-order valence-electron chi connectivity index (χ3n) is 2.13. The number of carbonyl (C=O) groups is 2. The molecule has 1 atom stereocenters. The van der Waals surface area contributed by atoms with Crippen LogP contribution in [0.3, 0.4) is 0 Å². The number of hydrogen-bond donors (Lipinski definition) is 1. The van der Waals surface area contributed by atoms with E-state index in [1.54, 1.807) is 16.8 Å². The van der Waals surface area contributed by atoms with Gasteiger partial charge in [0.05, 0.1) is 5.33 Å². The van der Waals surface area contributed by atoms with E-state index in [9.17, 15) is 27.2 Å². The molecule has 1 heterocycles. The average molecular weight is 362 g/mol. The summed E-state index contributed by atoms with van der Waals surface area (Å²) in [5.74, 6) is -7.61. The standard InChI is InChI=1S/C10H8BrF4NO2S/c11-4-5(17)7(6-2-1-3-19-6)16-9(18)10(14,15)8(12)13/h1-3,7-8H,4H2,(H,16,18). The summed E-state index contributed by atoms with van der Waals surface area (Å²) >= 11 is 3.89. The highest BCUT2D eigenvalue weighted by Gasteiger charge is 2.50. The molecule has 0 aliphatic rings. The Morgan fingerprint density at radius 2 is 2.05 bits per heavy atom. The second-order valence-corrected chi connectivity index (χ2v) is 4.99. The van der Waals surface area contributed by atoms with Crippen LogP contribution in [0.25, 0.3) is 0 Å². The molecule has 0 saturated carbocycles. The van der Waals surface area contributed by atoms with Crippen molar-refractivity contribution in [3.05, 3.63) is 22.4 Å². The van der Waals surface area contributed by atoms with Gasteiger partial charge in [0.1, 0.15) is 6.04 Å². The van der Waals surface area contributed by atoms with Crippen LogP contribution in [0.4, 0.5) is 17.6 Å². The lowest BCUT2D eigenvalue weighted by atomic mass is 10.1. The molecule has 0 aromatic carbocycles. The summed E-state index contributed by atoms with van der Waals surface area (Å²) in [4.78, 5) is 23.0. The SMILES string of the molecule is O=C(CBr)C(NC(=O)C(F)(F)C(F)F)c1cccs1. The van der Waals surface area contributed by atoms with Gasteiger partial charge >= 0.3 is 12.3 Å². The van der Waals surface area contributed by atoms with Crippen molar-refractivity contribution in [1.82, 2.24) is 5.32 Å². The minimum Gasteiger partial charge on any atom is -0.336 e. The Labute approximate surface area is 118 Å². The van der Waals surface area contributed by atoms with Gasteiger partial charge in [0.25, 0.3) is 5.91 Å². The van der Waals surface area contributed by atoms with E-state index < -0.39 is 30.1 Å². The Bertz CT molecular complexity index is 452. The molecule has 1 N–H and O–H groups in total. The summed E-state index contributed by atoms with van der Waals surface area (Å²) < 4.78 is 49.7. The van der Waals surface area contributed by atoms with Gasteiger partial charge in [-0.1, -0.05) is 22.0 Å². The summed E-state index contributed by atoms with van der Waals surface area (Å²) in [5, 5.41) is 3.03. The van der Waals surface area contributed by atoms with E-state index in [2.05, 4.69) is 15.9 Å². The molecule has 0 fully saturated rings. The van der Waals surface area contributed by atoms with Crippen LogP contribution in [-0.4, -0.2) is 29.4 Å². The molecule has 1 rings (SSSR count). The van der Waals surface area contributed by atoms with Crippen molar-refractivity contribution < 1.29 is 27.2 Å². The minimum absolute atomic E-state index is 0.198. The minimum atomic E-state index is -4.83. The Kier molecular flexibility index (Phi) is 5.48. The zero-order valence-electron chi connectivity index (χ0n) is 9.21. The lowest BCUT2D eigenvalue weighted by Crippen LogP contribution is -2.48. The number of amides is 1. The molecule has 106 valence electrons. The molecule has 0 spiro atoms. The first kappa shape index (κ1) is 16.1. The maximum absolute atomic E-state index is 12.8. The van der Waals surface area contributed by atoms with Gasteiger partial charge in [-0.05, 0) is 11.4 Å². The van der Waals surface area contributed by atoms with Gasteiger partial charge in [-0.15, -0.1) is 11.3 Å². The Balaban J connectivity index is 2.91. The molecule has 1 aromatic heterocycles. The summed E-state index contributed by atoms with van der Waals surface area (Å²) in [6, 6.07) is 1.62. The van der Waals surface area contributed by atoms with Crippen LogP contribution in [0.1, 0.15) is 10.9 Å². The van der Waals surface area contributed by atoms with Crippen molar-refractivity contribution in [3.8, 4) is 0 Å². The van der Waals surface area contributed by atoms with E-state index >= 15 is 0 Å². The van der Waals surface area contributed by atoms with Gasteiger partial charge in [-0.25, -0.2) is 8.78 Å². The fourth-order valence-corrected chi connectivity index (χ4v) is 2.29. The van der Waals surface area contributed by atoms with Crippen LogP contribution in [-0.2, 0) is 9.59 Å². The van der Waals surface area contributed by atoms with Crippen molar-refractivity contribution in [2.24, 2.45) is 0 Å². The van der Waals surface area contributed by atoms with Crippen molar-refractivity contribution in [2.75, 3.05) is 5.33 Å². The molecule has 0 aliphatic heterocycles. The smallest absolute Gasteiger partial charge is 0.336 e. The van der Waals surface area contributed by atoms with E-state index in [0.717, 1.165) is 11.3 Å². The van der Waals surface area contributed by atoms with Crippen molar-refractivity contribution in [3.63, 3.8) is 0 Å². The fourth-order valence-electron chi connectivity index (χ4n) is 1.17. The van der Waals surface area contributed by atoms with Crippen LogP contribution in [0.2, 0.25) is 0 Å². The monoisotopic (exact) mass is 361 g/mol. The number of hydrogen-bond acceptors (Lipinski definition) is 3. The third-order valence-corrected chi connectivity index (χ3v) is 3.62. The van der Waals surface area contributed by atoms with Crippen LogP contribution in [0, 0.1) is 0 Å². The molecular formula is C10H8BrF4NO2S. The summed E-state index contributed by atoms with van der Waals surface area (Å²) in [7, 11) is 0. The second-order valence-electron chi connectivity index (χ2n) is 3.45. The number of nitrogens with one attached hydrogen (secondary N) is 1. The van der Waals surface area contributed by atoms with Crippen molar-refractivity contribution in [2.45, 2.75) is 18.4 Å². The molecule has 19 heavy (non-hydrogen) atoms. The summed E-state index contributed by atoms with van der Waals surface area (Å²) in [6.45, 7) is 0. The highest BCUT2D eigenvalue weighted by atomic mass is 79.9. The molecule has 1 amide bonds. The van der Waals surface area contributed by atoms with E-state index in [1.807, 2.05) is 0 Å². The van der Waals surface area contributed by atoms with Gasteiger partial charge in [-0.3, -0.25) is 9.59 Å². The average Bonchev–Trinajstić information content (AvgIpc) is 2.87. The second kappa shape index (κ2) is 6.47. The number of rotatable bonds is 6. The quantitative estimate of drug-likeness (QED) is 0.625. The summed E-state index contributed by atoms with van der Waals surface area (Å²) in [5.41, 5.74) is 0. The highest BCUT2D eigenvalue weighted by Crippen LogP contribution is 2.26. The highest BCUT2D eigenvalue weighted by molar-refractivity contribution is 9.09.